The average Bonchev–Trinajstić information content (AvgIpc) is 3.12. The molecule has 0 aliphatic rings. The molecule has 0 saturated carbocycles. The van der Waals surface area contributed by atoms with Crippen LogP contribution in [0.1, 0.15) is 41.0 Å². The van der Waals surface area contributed by atoms with E-state index in [9.17, 15) is 14.7 Å². The van der Waals surface area contributed by atoms with E-state index in [2.05, 4.69) is 10.4 Å². The Morgan fingerprint density at radius 1 is 1.20 bits per heavy atom. The first-order valence-electron chi connectivity index (χ1n) is 9.46. The number of halogens is 1. The second-order valence-electron chi connectivity index (χ2n) is 6.70. The van der Waals surface area contributed by atoms with Gasteiger partial charge >= 0.3 is 5.97 Å². The van der Waals surface area contributed by atoms with Crippen molar-refractivity contribution in [3.05, 3.63) is 76.4 Å². The van der Waals surface area contributed by atoms with E-state index in [0.29, 0.717) is 28.8 Å². The molecule has 156 valence electrons. The molecule has 0 fully saturated rings. The summed E-state index contributed by atoms with van der Waals surface area (Å²) in [5.74, 6) is -1.16. The summed E-state index contributed by atoms with van der Waals surface area (Å²) in [6.07, 6.45) is -0.252. The van der Waals surface area contributed by atoms with Crippen LogP contribution >= 0.6 is 11.6 Å². The van der Waals surface area contributed by atoms with Gasteiger partial charge in [0.05, 0.1) is 29.8 Å². The molecule has 2 aromatic carbocycles. The summed E-state index contributed by atoms with van der Waals surface area (Å²) in [6.45, 7) is 4.14. The highest BCUT2D eigenvalue weighted by atomic mass is 35.5. The third-order valence-electron chi connectivity index (χ3n) is 4.45. The van der Waals surface area contributed by atoms with Crippen LogP contribution in [0.3, 0.4) is 0 Å². The van der Waals surface area contributed by atoms with Crippen molar-refractivity contribution < 1.29 is 19.4 Å². The van der Waals surface area contributed by atoms with Crippen molar-refractivity contribution >= 4 is 23.5 Å². The third kappa shape index (κ3) is 4.99. The molecule has 3 aromatic rings. The molecule has 3 rings (SSSR count). The van der Waals surface area contributed by atoms with Gasteiger partial charge in [0.15, 0.2) is 5.69 Å². The van der Waals surface area contributed by atoms with E-state index in [1.54, 1.807) is 36.4 Å². The number of benzene rings is 2. The first-order valence-corrected chi connectivity index (χ1v) is 9.83. The van der Waals surface area contributed by atoms with Crippen LogP contribution in [0.25, 0.3) is 5.69 Å². The summed E-state index contributed by atoms with van der Waals surface area (Å²) in [5.41, 5.74) is 2.41. The van der Waals surface area contributed by atoms with E-state index < -0.39 is 17.9 Å². The van der Waals surface area contributed by atoms with Crippen molar-refractivity contribution in [1.82, 2.24) is 15.1 Å². The molecule has 7 nitrogen and oxygen atoms in total. The van der Waals surface area contributed by atoms with Crippen molar-refractivity contribution in [2.75, 3.05) is 6.61 Å². The van der Waals surface area contributed by atoms with Gasteiger partial charge in [0.2, 0.25) is 5.88 Å². The molecule has 0 spiro atoms. The van der Waals surface area contributed by atoms with Crippen molar-refractivity contribution in [3.8, 4) is 11.6 Å². The molecule has 30 heavy (non-hydrogen) atoms. The number of rotatable bonds is 8. The minimum absolute atomic E-state index is 0.0980. The van der Waals surface area contributed by atoms with Crippen LogP contribution in [0.5, 0.6) is 5.88 Å². The topological polar surface area (TPSA) is 93.4 Å². The SMILES string of the molecule is CCOc1cc(C(=O)N[C@@H](CC(=O)O)c2ccc(C)cc2)nn1-c1ccccc1Cl. The lowest BCUT2D eigenvalue weighted by Gasteiger charge is -2.17. The largest absolute Gasteiger partial charge is 0.481 e. The number of para-hydroxylation sites is 1. The molecule has 1 amide bonds. The number of carboxylic acids is 1. The Balaban J connectivity index is 1.91. The molecule has 0 saturated heterocycles. The maximum atomic E-state index is 12.9. The highest BCUT2D eigenvalue weighted by molar-refractivity contribution is 6.32. The van der Waals surface area contributed by atoms with Gasteiger partial charge in [-0.2, -0.15) is 9.78 Å². The van der Waals surface area contributed by atoms with Crippen LogP contribution in [-0.2, 0) is 4.79 Å². The monoisotopic (exact) mass is 427 g/mol. The lowest BCUT2D eigenvalue weighted by atomic mass is 10.0. The number of aryl methyl sites for hydroxylation is 1. The predicted molar refractivity (Wildman–Crippen MR) is 113 cm³/mol. The Morgan fingerprint density at radius 2 is 1.90 bits per heavy atom. The molecule has 8 heteroatoms. The normalized spacial score (nSPS) is 11.7. The number of nitrogens with zero attached hydrogens (tertiary/aromatic N) is 2. The zero-order valence-electron chi connectivity index (χ0n) is 16.6. The fraction of sp³-hybridized carbons (Fsp3) is 0.227. The van der Waals surface area contributed by atoms with Crippen LogP contribution in [0.2, 0.25) is 5.02 Å². The molecule has 0 bridgehead atoms. The Kier molecular flexibility index (Phi) is 6.74. The van der Waals surface area contributed by atoms with Crippen LogP contribution < -0.4 is 10.1 Å². The number of amides is 1. The third-order valence-corrected chi connectivity index (χ3v) is 4.77. The number of hydrogen-bond acceptors (Lipinski definition) is 4. The smallest absolute Gasteiger partial charge is 0.305 e. The lowest BCUT2D eigenvalue weighted by molar-refractivity contribution is -0.137. The van der Waals surface area contributed by atoms with Gasteiger partial charge in [-0.1, -0.05) is 53.6 Å². The maximum absolute atomic E-state index is 12.9. The minimum Gasteiger partial charge on any atom is -0.481 e. The molecule has 2 N–H and O–H groups in total. The number of carbonyl (C=O) groups excluding carboxylic acids is 1. The Bertz CT molecular complexity index is 1050. The van der Waals surface area contributed by atoms with E-state index in [0.717, 1.165) is 5.56 Å². The highest BCUT2D eigenvalue weighted by Crippen LogP contribution is 2.26. The lowest BCUT2D eigenvalue weighted by Crippen LogP contribution is -2.30. The fourth-order valence-electron chi connectivity index (χ4n) is 2.98. The highest BCUT2D eigenvalue weighted by Gasteiger charge is 2.23. The van der Waals surface area contributed by atoms with Gasteiger partial charge in [0.1, 0.15) is 0 Å². The van der Waals surface area contributed by atoms with Gasteiger partial charge in [0.25, 0.3) is 5.91 Å². The molecule has 0 unspecified atom stereocenters. The molecule has 1 heterocycles. The summed E-state index contributed by atoms with van der Waals surface area (Å²) < 4.78 is 7.07. The molecular formula is C22H22ClN3O4. The standard InChI is InChI=1S/C22H22ClN3O4/c1-3-30-20-12-18(25-26(20)19-7-5-4-6-16(19)23)22(29)24-17(13-21(27)28)15-10-8-14(2)9-11-15/h4-12,17H,3,13H2,1-2H3,(H,24,29)(H,27,28)/t17-/m0/s1. The molecule has 0 radical (unpaired) electrons. The van der Waals surface area contributed by atoms with Gasteiger partial charge in [0, 0.05) is 6.07 Å². The van der Waals surface area contributed by atoms with Gasteiger partial charge in [-0.3, -0.25) is 9.59 Å². The first-order chi connectivity index (χ1) is 14.4. The Hall–Kier alpha value is -3.32. The fourth-order valence-corrected chi connectivity index (χ4v) is 3.20. The maximum Gasteiger partial charge on any atom is 0.305 e. The number of carbonyl (C=O) groups is 2. The molecular weight excluding hydrogens is 406 g/mol. The van der Waals surface area contributed by atoms with Gasteiger partial charge in [-0.05, 0) is 31.5 Å². The van der Waals surface area contributed by atoms with Crippen LogP contribution in [-0.4, -0.2) is 33.4 Å². The van der Waals surface area contributed by atoms with Crippen molar-refractivity contribution in [3.63, 3.8) is 0 Å². The molecule has 1 atom stereocenters. The van der Waals surface area contributed by atoms with Gasteiger partial charge < -0.3 is 15.2 Å². The van der Waals surface area contributed by atoms with Crippen LogP contribution in [0.4, 0.5) is 0 Å². The predicted octanol–water partition coefficient (Wildman–Crippen LogP) is 4.18. The van der Waals surface area contributed by atoms with Gasteiger partial charge in [-0.25, -0.2) is 0 Å². The van der Waals surface area contributed by atoms with Crippen LogP contribution in [0.15, 0.2) is 54.6 Å². The quantitative estimate of drug-likeness (QED) is 0.562. The second-order valence-corrected chi connectivity index (χ2v) is 7.11. The molecule has 0 aliphatic heterocycles. The number of ether oxygens (including phenoxy) is 1. The van der Waals surface area contributed by atoms with Crippen molar-refractivity contribution in [2.24, 2.45) is 0 Å². The molecule has 0 aliphatic carbocycles. The summed E-state index contributed by atoms with van der Waals surface area (Å²) in [5, 5.41) is 16.8. The Labute approximate surface area is 179 Å². The van der Waals surface area contributed by atoms with E-state index in [1.807, 2.05) is 26.0 Å². The van der Waals surface area contributed by atoms with E-state index in [1.165, 1.54) is 10.7 Å². The minimum atomic E-state index is -1.02. The summed E-state index contributed by atoms with van der Waals surface area (Å²) in [6, 6.07) is 15.2. The van der Waals surface area contributed by atoms with Crippen LogP contribution in [0, 0.1) is 6.92 Å². The second kappa shape index (κ2) is 9.45. The summed E-state index contributed by atoms with van der Waals surface area (Å²) >= 11 is 6.27. The van der Waals surface area contributed by atoms with E-state index in [4.69, 9.17) is 16.3 Å². The summed E-state index contributed by atoms with van der Waals surface area (Å²) in [4.78, 5) is 24.2. The first kappa shape index (κ1) is 21.4. The zero-order valence-corrected chi connectivity index (χ0v) is 17.4. The summed E-state index contributed by atoms with van der Waals surface area (Å²) in [7, 11) is 0. The number of aromatic nitrogens is 2. The van der Waals surface area contributed by atoms with Gasteiger partial charge in [-0.15, -0.1) is 0 Å². The van der Waals surface area contributed by atoms with E-state index in [-0.39, 0.29) is 12.1 Å². The van der Waals surface area contributed by atoms with E-state index >= 15 is 0 Å². The number of hydrogen-bond donors (Lipinski definition) is 2. The van der Waals surface area contributed by atoms with Crippen molar-refractivity contribution in [1.29, 1.82) is 0 Å². The number of nitrogens with one attached hydrogen (secondary N) is 1. The Morgan fingerprint density at radius 3 is 2.53 bits per heavy atom. The average molecular weight is 428 g/mol. The zero-order chi connectivity index (χ0) is 21.7. The van der Waals surface area contributed by atoms with Crippen molar-refractivity contribution in [2.45, 2.75) is 26.3 Å². The molecule has 1 aromatic heterocycles. The number of carboxylic acid groups (broad SMARTS) is 1. The number of aliphatic carboxylic acids is 1.